The molecular weight excluding hydrogens is 347 g/mol. The van der Waals surface area contributed by atoms with Gasteiger partial charge in [0.25, 0.3) is 0 Å². The maximum Gasteiger partial charge on any atom is 0.165 e. The SMILES string of the molecule is CCCCCC1CCC2CC(C3CCc4cc(OC)c(F)cc4C3)CCC2C1. The van der Waals surface area contributed by atoms with Crippen molar-refractivity contribution >= 4 is 0 Å². The van der Waals surface area contributed by atoms with Crippen LogP contribution in [0.25, 0.3) is 0 Å². The van der Waals surface area contributed by atoms with Crippen molar-refractivity contribution in [3.05, 3.63) is 29.1 Å². The van der Waals surface area contributed by atoms with Gasteiger partial charge < -0.3 is 4.74 Å². The third-order valence-corrected chi connectivity index (χ3v) is 8.39. The first-order valence-corrected chi connectivity index (χ1v) is 12.0. The molecule has 2 heteroatoms. The average Bonchev–Trinajstić information content (AvgIpc) is 2.72. The number of ether oxygens (including phenoxy) is 1. The molecule has 0 N–H and O–H groups in total. The smallest absolute Gasteiger partial charge is 0.165 e. The average molecular weight is 387 g/mol. The van der Waals surface area contributed by atoms with Crippen molar-refractivity contribution in [3.8, 4) is 5.75 Å². The van der Waals surface area contributed by atoms with Crippen LogP contribution in [0.15, 0.2) is 12.1 Å². The number of aryl methyl sites for hydroxylation is 1. The highest BCUT2D eigenvalue weighted by Gasteiger charge is 2.38. The number of benzene rings is 1. The fourth-order valence-electron chi connectivity index (χ4n) is 6.74. The fraction of sp³-hybridized carbons (Fsp3) is 0.769. The number of hydrogen-bond donors (Lipinski definition) is 0. The molecule has 3 aliphatic carbocycles. The van der Waals surface area contributed by atoms with Crippen molar-refractivity contribution < 1.29 is 9.13 Å². The standard InChI is InChI=1S/C26H39FO/c1-3-4-5-6-18-7-8-20-14-21(10-9-19(20)13-18)22-11-12-23-17-26(28-2)25(27)16-24(23)15-22/h16-22H,3-15H2,1-2H3. The van der Waals surface area contributed by atoms with Gasteiger partial charge in [-0.25, -0.2) is 4.39 Å². The zero-order valence-electron chi connectivity index (χ0n) is 18.0. The van der Waals surface area contributed by atoms with Gasteiger partial charge in [-0.05, 0) is 104 Å². The van der Waals surface area contributed by atoms with Crippen LogP contribution in [0.2, 0.25) is 0 Å². The van der Waals surface area contributed by atoms with E-state index in [1.807, 2.05) is 6.07 Å². The summed E-state index contributed by atoms with van der Waals surface area (Å²) in [6.45, 7) is 2.31. The molecular formula is C26H39FO. The summed E-state index contributed by atoms with van der Waals surface area (Å²) in [6.07, 6.45) is 18.0. The molecule has 0 aromatic heterocycles. The Morgan fingerprint density at radius 1 is 0.893 bits per heavy atom. The van der Waals surface area contributed by atoms with Gasteiger partial charge in [-0.15, -0.1) is 0 Å². The van der Waals surface area contributed by atoms with E-state index in [4.69, 9.17) is 4.74 Å². The van der Waals surface area contributed by atoms with E-state index in [2.05, 4.69) is 6.92 Å². The van der Waals surface area contributed by atoms with Gasteiger partial charge >= 0.3 is 0 Å². The van der Waals surface area contributed by atoms with Gasteiger partial charge in [-0.3, -0.25) is 0 Å². The van der Waals surface area contributed by atoms with Crippen LogP contribution in [-0.4, -0.2) is 7.11 Å². The monoisotopic (exact) mass is 386 g/mol. The molecule has 0 amide bonds. The van der Waals surface area contributed by atoms with E-state index < -0.39 is 0 Å². The van der Waals surface area contributed by atoms with Crippen molar-refractivity contribution in [1.29, 1.82) is 0 Å². The van der Waals surface area contributed by atoms with E-state index in [-0.39, 0.29) is 5.82 Å². The fourth-order valence-corrected chi connectivity index (χ4v) is 6.74. The molecule has 2 fully saturated rings. The minimum atomic E-state index is -0.188. The van der Waals surface area contributed by atoms with Crippen molar-refractivity contribution in [3.63, 3.8) is 0 Å². The summed E-state index contributed by atoms with van der Waals surface area (Å²) >= 11 is 0. The summed E-state index contributed by atoms with van der Waals surface area (Å²) in [4.78, 5) is 0. The third-order valence-electron chi connectivity index (χ3n) is 8.39. The molecule has 0 spiro atoms. The molecule has 4 rings (SSSR count). The Bertz CT molecular complexity index is 654. The van der Waals surface area contributed by atoms with Gasteiger partial charge in [0.2, 0.25) is 0 Å². The molecule has 5 unspecified atom stereocenters. The van der Waals surface area contributed by atoms with Crippen LogP contribution in [0.3, 0.4) is 0 Å². The first-order valence-electron chi connectivity index (χ1n) is 12.0. The van der Waals surface area contributed by atoms with Gasteiger partial charge in [-0.1, -0.05) is 39.0 Å². The Morgan fingerprint density at radius 2 is 1.64 bits per heavy atom. The highest BCUT2D eigenvalue weighted by molar-refractivity contribution is 5.38. The first kappa shape index (κ1) is 20.2. The highest BCUT2D eigenvalue weighted by Crippen LogP contribution is 2.49. The Kier molecular flexibility index (Phi) is 6.63. The molecule has 1 nitrogen and oxygen atoms in total. The number of hydrogen-bond acceptors (Lipinski definition) is 1. The molecule has 0 heterocycles. The Labute approximate surface area is 171 Å². The largest absolute Gasteiger partial charge is 0.494 e. The lowest BCUT2D eigenvalue weighted by Crippen LogP contribution is -2.35. The topological polar surface area (TPSA) is 9.23 Å². The normalized spacial score (nSPS) is 32.5. The molecule has 2 saturated carbocycles. The molecule has 1 aromatic carbocycles. The summed E-state index contributed by atoms with van der Waals surface area (Å²) in [5.74, 6) is 4.87. The van der Waals surface area contributed by atoms with E-state index >= 15 is 0 Å². The maximum atomic E-state index is 14.2. The number of fused-ring (bicyclic) bond motifs is 2. The summed E-state index contributed by atoms with van der Waals surface area (Å²) in [6, 6.07) is 3.70. The molecule has 3 aliphatic rings. The number of halogens is 1. The van der Waals surface area contributed by atoms with Crippen LogP contribution in [0, 0.1) is 35.4 Å². The van der Waals surface area contributed by atoms with Crippen LogP contribution in [0.4, 0.5) is 4.39 Å². The van der Waals surface area contributed by atoms with Crippen LogP contribution in [0.5, 0.6) is 5.75 Å². The summed E-state index contributed by atoms with van der Waals surface area (Å²) in [7, 11) is 1.56. The van der Waals surface area contributed by atoms with E-state index in [9.17, 15) is 4.39 Å². The van der Waals surface area contributed by atoms with E-state index in [1.165, 1.54) is 81.8 Å². The molecule has 0 radical (unpaired) electrons. The van der Waals surface area contributed by atoms with Crippen LogP contribution in [0.1, 0.15) is 88.7 Å². The first-order chi connectivity index (χ1) is 13.7. The Morgan fingerprint density at radius 3 is 2.43 bits per heavy atom. The predicted molar refractivity (Wildman–Crippen MR) is 114 cm³/mol. The molecule has 1 aromatic rings. The van der Waals surface area contributed by atoms with E-state index in [0.717, 1.165) is 42.4 Å². The minimum Gasteiger partial charge on any atom is -0.494 e. The molecule has 0 saturated heterocycles. The summed E-state index contributed by atoms with van der Waals surface area (Å²) in [5.41, 5.74) is 2.56. The third kappa shape index (κ3) is 4.41. The predicted octanol–water partition coefficient (Wildman–Crippen LogP) is 7.35. The van der Waals surface area contributed by atoms with Gasteiger partial charge in [-0.2, -0.15) is 0 Å². The zero-order valence-corrected chi connectivity index (χ0v) is 18.0. The Balaban J connectivity index is 1.32. The van der Waals surface area contributed by atoms with Gasteiger partial charge in [0.1, 0.15) is 0 Å². The number of rotatable bonds is 6. The number of unbranched alkanes of at least 4 members (excludes halogenated alkanes) is 2. The lowest BCUT2D eigenvalue weighted by molar-refractivity contribution is 0.0690. The highest BCUT2D eigenvalue weighted by atomic mass is 19.1. The molecule has 0 aliphatic heterocycles. The quantitative estimate of drug-likeness (QED) is 0.464. The summed E-state index contributed by atoms with van der Waals surface area (Å²) in [5, 5.41) is 0. The van der Waals surface area contributed by atoms with Crippen molar-refractivity contribution in [1.82, 2.24) is 0 Å². The van der Waals surface area contributed by atoms with Gasteiger partial charge in [0.05, 0.1) is 7.11 Å². The Hall–Kier alpha value is -1.05. The van der Waals surface area contributed by atoms with Crippen LogP contribution in [-0.2, 0) is 12.8 Å². The minimum absolute atomic E-state index is 0.188. The van der Waals surface area contributed by atoms with E-state index in [0.29, 0.717) is 5.75 Å². The second-order valence-electron chi connectivity index (χ2n) is 10.0. The second-order valence-corrected chi connectivity index (χ2v) is 10.0. The maximum absolute atomic E-state index is 14.2. The van der Waals surface area contributed by atoms with Crippen molar-refractivity contribution in [2.75, 3.05) is 7.11 Å². The van der Waals surface area contributed by atoms with E-state index in [1.54, 1.807) is 13.2 Å². The van der Waals surface area contributed by atoms with Crippen LogP contribution < -0.4 is 4.74 Å². The zero-order chi connectivity index (χ0) is 19.5. The lowest BCUT2D eigenvalue weighted by Gasteiger charge is -2.45. The van der Waals surface area contributed by atoms with Crippen LogP contribution >= 0.6 is 0 Å². The number of methoxy groups -OCH3 is 1. The van der Waals surface area contributed by atoms with Crippen molar-refractivity contribution in [2.24, 2.45) is 29.6 Å². The summed E-state index contributed by atoms with van der Waals surface area (Å²) < 4.78 is 19.4. The lowest BCUT2D eigenvalue weighted by atomic mass is 9.61. The van der Waals surface area contributed by atoms with Crippen molar-refractivity contribution in [2.45, 2.75) is 90.4 Å². The van der Waals surface area contributed by atoms with Gasteiger partial charge in [0.15, 0.2) is 11.6 Å². The molecule has 5 atom stereocenters. The molecule has 28 heavy (non-hydrogen) atoms. The second kappa shape index (κ2) is 9.18. The molecule has 156 valence electrons. The molecule has 0 bridgehead atoms. The van der Waals surface area contributed by atoms with Gasteiger partial charge in [0, 0.05) is 0 Å².